The van der Waals surface area contributed by atoms with Gasteiger partial charge in [0, 0.05) is 12.8 Å². The number of quaternary nitrogens is 1. The van der Waals surface area contributed by atoms with Crippen molar-refractivity contribution in [2.24, 2.45) is 0 Å². The van der Waals surface area contributed by atoms with Crippen molar-refractivity contribution in [3.63, 3.8) is 0 Å². The second-order valence-corrected chi connectivity index (χ2v) is 4.25. The van der Waals surface area contributed by atoms with Gasteiger partial charge in [0.25, 0.3) is 0 Å². The van der Waals surface area contributed by atoms with E-state index in [1.807, 2.05) is 36.7 Å². The standard InChI is InChI=1S/C13H15NO3/c15-11-14(8-4-5-9-14)13(16)17-10-12-6-2-1-3-7-12/h1-3,6-7H,4-5,8-10H2/q+1. The number of hydrogen-bond acceptors (Lipinski definition) is 3. The van der Waals surface area contributed by atoms with E-state index in [0.717, 1.165) is 18.4 Å². The van der Waals surface area contributed by atoms with E-state index < -0.39 is 6.09 Å². The predicted octanol–water partition coefficient (Wildman–Crippen LogP) is 2.00. The summed E-state index contributed by atoms with van der Waals surface area (Å²) in [5.74, 6) is 0. The molecule has 2 rings (SSSR count). The molecule has 0 N–H and O–H groups in total. The molecule has 1 radical (unpaired) electrons. The van der Waals surface area contributed by atoms with Crippen molar-refractivity contribution in [3.05, 3.63) is 35.9 Å². The molecule has 0 atom stereocenters. The van der Waals surface area contributed by atoms with Crippen LogP contribution >= 0.6 is 0 Å². The van der Waals surface area contributed by atoms with Crippen molar-refractivity contribution in [1.29, 1.82) is 0 Å². The van der Waals surface area contributed by atoms with Crippen LogP contribution < -0.4 is 0 Å². The van der Waals surface area contributed by atoms with Crippen LogP contribution in [-0.2, 0) is 16.1 Å². The van der Waals surface area contributed by atoms with E-state index in [9.17, 15) is 9.59 Å². The lowest BCUT2D eigenvalue weighted by atomic mass is 10.2. The van der Waals surface area contributed by atoms with Crippen LogP contribution in [0.15, 0.2) is 30.3 Å². The molecule has 0 saturated carbocycles. The zero-order valence-corrected chi connectivity index (χ0v) is 9.59. The Bertz CT molecular complexity index is 396. The number of amides is 2. The normalized spacial score (nSPS) is 17.6. The third-order valence-electron chi connectivity index (χ3n) is 3.06. The van der Waals surface area contributed by atoms with E-state index in [1.165, 1.54) is 0 Å². The number of benzene rings is 1. The molecular weight excluding hydrogens is 218 g/mol. The van der Waals surface area contributed by atoms with Gasteiger partial charge in [0.15, 0.2) is 0 Å². The molecule has 1 heterocycles. The largest absolute Gasteiger partial charge is 0.524 e. The van der Waals surface area contributed by atoms with E-state index in [-0.39, 0.29) is 11.1 Å². The molecule has 0 aliphatic carbocycles. The Labute approximate surface area is 100 Å². The van der Waals surface area contributed by atoms with Gasteiger partial charge in [0.05, 0.1) is 13.1 Å². The Kier molecular flexibility index (Phi) is 3.54. The number of hydrogen-bond donors (Lipinski definition) is 0. The quantitative estimate of drug-likeness (QED) is 0.750. The zero-order valence-electron chi connectivity index (χ0n) is 9.59. The first-order valence-electron chi connectivity index (χ1n) is 5.74. The highest BCUT2D eigenvalue weighted by Gasteiger charge is 2.43. The average molecular weight is 233 g/mol. The monoisotopic (exact) mass is 233 g/mol. The van der Waals surface area contributed by atoms with Crippen LogP contribution in [0.3, 0.4) is 0 Å². The summed E-state index contributed by atoms with van der Waals surface area (Å²) >= 11 is 0. The van der Waals surface area contributed by atoms with Crippen LogP contribution in [0, 0.1) is 0 Å². The van der Waals surface area contributed by atoms with Gasteiger partial charge in [-0.1, -0.05) is 30.3 Å². The van der Waals surface area contributed by atoms with Crippen LogP contribution in [0.1, 0.15) is 18.4 Å². The first-order valence-corrected chi connectivity index (χ1v) is 5.74. The molecule has 17 heavy (non-hydrogen) atoms. The molecule has 4 heteroatoms. The average Bonchev–Trinajstić information content (AvgIpc) is 2.87. The molecule has 0 aromatic heterocycles. The lowest BCUT2D eigenvalue weighted by molar-refractivity contribution is -0.750. The molecule has 1 aromatic rings. The number of likely N-dealkylation sites (tertiary alicyclic amines) is 1. The Balaban J connectivity index is 1.95. The zero-order chi connectivity index (χ0) is 12.1. The van der Waals surface area contributed by atoms with Crippen molar-refractivity contribution < 1.29 is 18.8 Å². The fraction of sp³-hybridized carbons (Fsp3) is 0.385. The summed E-state index contributed by atoms with van der Waals surface area (Å²) in [6.07, 6.45) is 3.08. The number of nitrogens with zero attached hydrogens (tertiary/aromatic N) is 1. The highest BCUT2D eigenvalue weighted by Crippen LogP contribution is 2.19. The van der Waals surface area contributed by atoms with E-state index >= 15 is 0 Å². The molecule has 1 aliphatic heterocycles. The summed E-state index contributed by atoms with van der Waals surface area (Å²) < 4.78 is 4.88. The molecule has 0 spiro atoms. The fourth-order valence-corrected chi connectivity index (χ4v) is 2.03. The fourth-order valence-electron chi connectivity index (χ4n) is 2.03. The third-order valence-corrected chi connectivity index (χ3v) is 3.06. The molecule has 1 fully saturated rings. The van der Waals surface area contributed by atoms with Crippen molar-refractivity contribution in [2.75, 3.05) is 13.1 Å². The molecule has 1 aliphatic rings. The van der Waals surface area contributed by atoms with Crippen LogP contribution in [0.2, 0.25) is 0 Å². The number of ether oxygens (including phenoxy) is 1. The van der Waals surface area contributed by atoms with Crippen molar-refractivity contribution in [3.8, 4) is 0 Å². The molecule has 2 amide bonds. The van der Waals surface area contributed by atoms with E-state index in [4.69, 9.17) is 4.74 Å². The first-order chi connectivity index (χ1) is 8.27. The van der Waals surface area contributed by atoms with Gasteiger partial charge < -0.3 is 4.74 Å². The second kappa shape index (κ2) is 5.10. The van der Waals surface area contributed by atoms with Crippen LogP contribution in [-0.4, -0.2) is 30.1 Å². The van der Waals surface area contributed by atoms with Crippen LogP contribution in [0.25, 0.3) is 0 Å². The summed E-state index contributed by atoms with van der Waals surface area (Å²) in [5, 5.41) is 0. The Morgan fingerprint density at radius 1 is 1.24 bits per heavy atom. The number of carbonyl (C=O) groups excluding carboxylic acids is 2. The lowest BCUT2D eigenvalue weighted by Crippen LogP contribution is -2.49. The van der Waals surface area contributed by atoms with Crippen molar-refractivity contribution in [1.82, 2.24) is 0 Å². The molecule has 0 bridgehead atoms. The van der Waals surface area contributed by atoms with Crippen molar-refractivity contribution >= 4 is 12.5 Å². The topological polar surface area (TPSA) is 43.4 Å². The minimum Gasteiger partial charge on any atom is -0.415 e. The highest BCUT2D eigenvalue weighted by atomic mass is 16.6. The molecule has 1 aromatic carbocycles. The second-order valence-electron chi connectivity index (χ2n) is 4.25. The number of rotatable bonds is 3. The predicted molar refractivity (Wildman–Crippen MR) is 61.5 cm³/mol. The van der Waals surface area contributed by atoms with Gasteiger partial charge in [0.2, 0.25) is 0 Å². The van der Waals surface area contributed by atoms with Crippen molar-refractivity contribution in [2.45, 2.75) is 19.4 Å². The van der Waals surface area contributed by atoms with Gasteiger partial charge in [0.1, 0.15) is 6.61 Å². The maximum Gasteiger partial charge on any atom is 0.524 e. The minimum atomic E-state index is -0.485. The van der Waals surface area contributed by atoms with Gasteiger partial charge in [-0.25, -0.2) is 4.79 Å². The summed E-state index contributed by atoms with van der Waals surface area (Å²) in [6, 6.07) is 9.43. The van der Waals surface area contributed by atoms with E-state index in [1.54, 1.807) is 0 Å². The number of imide groups is 1. The molecule has 4 nitrogen and oxygen atoms in total. The van der Waals surface area contributed by atoms with Gasteiger partial charge >= 0.3 is 12.5 Å². The SMILES string of the molecule is O=[C][N+]1(C(=O)OCc2ccccc2)CCCC1. The van der Waals surface area contributed by atoms with Gasteiger partial charge in [-0.3, -0.25) is 0 Å². The van der Waals surface area contributed by atoms with E-state index in [0.29, 0.717) is 13.1 Å². The summed E-state index contributed by atoms with van der Waals surface area (Å²) in [6.45, 7) is 1.23. The van der Waals surface area contributed by atoms with Crippen LogP contribution in [0.5, 0.6) is 0 Å². The summed E-state index contributed by atoms with van der Waals surface area (Å²) in [4.78, 5) is 22.8. The van der Waals surface area contributed by atoms with Gasteiger partial charge in [-0.15, -0.1) is 4.48 Å². The molecule has 0 unspecified atom stereocenters. The summed E-state index contributed by atoms with van der Waals surface area (Å²) in [7, 11) is 0. The maximum atomic E-state index is 11.9. The Morgan fingerprint density at radius 2 is 1.88 bits per heavy atom. The molecular formula is C13H15NO3+. The smallest absolute Gasteiger partial charge is 0.415 e. The Morgan fingerprint density at radius 3 is 2.47 bits per heavy atom. The van der Waals surface area contributed by atoms with Gasteiger partial charge in [-0.2, -0.15) is 4.79 Å². The minimum absolute atomic E-state index is 0.210. The van der Waals surface area contributed by atoms with E-state index in [2.05, 4.69) is 0 Å². The Hall–Kier alpha value is -1.68. The van der Waals surface area contributed by atoms with Crippen LogP contribution in [0.4, 0.5) is 4.79 Å². The maximum absolute atomic E-state index is 11.9. The molecule has 89 valence electrons. The lowest BCUT2D eigenvalue weighted by Gasteiger charge is -2.20. The van der Waals surface area contributed by atoms with Gasteiger partial charge in [-0.05, 0) is 5.56 Å². The first kappa shape index (κ1) is 11.8. The summed E-state index contributed by atoms with van der Waals surface area (Å²) in [5.41, 5.74) is 0.920. The molecule has 1 saturated heterocycles. The third kappa shape index (κ3) is 2.53. The highest BCUT2D eigenvalue weighted by molar-refractivity contribution is 5.69. The number of carbonyl (C=O) groups is 1.